The molecule has 6 nitrogen and oxygen atoms in total. The maximum absolute atomic E-state index is 12.3. The van der Waals surface area contributed by atoms with Crippen LogP contribution in [0.4, 0.5) is 5.69 Å². The highest BCUT2D eigenvalue weighted by molar-refractivity contribution is 7.98. The lowest BCUT2D eigenvalue weighted by molar-refractivity contribution is 0.102. The van der Waals surface area contributed by atoms with Crippen molar-refractivity contribution < 1.29 is 4.79 Å². The van der Waals surface area contributed by atoms with Gasteiger partial charge in [0.05, 0.1) is 0 Å². The number of para-hydroxylation sites is 1. The molecule has 0 unspecified atom stereocenters. The summed E-state index contributed by atoms with van der Waals surface area (Å²) < 4.78 is 1.96. The third-order valence-electron chi connectivity index (χ3n) is 4.28. The second-order valence-electron chi connectivity index (χ2n) is 6.46. The van der Waals surface area contributed by atoms with E-state index in [4.69, 9.17) is 0 Å². The summed E-state index contributed by atoms with van der Waals surface area (Å²) in [5.41, 5.74) is 4.50. The minimum Gasteiger partial charge on any atom is -0.322 e. The molecule has 2 heterocycles. The summed E-state index contributed by atoms with van der Waals surface area (Å²) >= 11 is 1.60. The number of thioether (sulfide) groups is 1. The Morgan fingerprint density at radius 2 is 1.79 bits per heavy atom. The highest BCUT2D eigenvalue weighted by Gasteiger charge is 2.11. The lowest BCUT2D eigenvalue weighted by atomic mass is 10.1. The summed E-state index contributed by atoms with van der Waals surface area (Å²) in [5.74, 6) is 1.23. The number of carbonyl (C=O) groups excluding carboxylic acids is 1. The van der Waals surface area contributed by atoms with Crippen molar-refractivity contribution in [1.29, 1.82) is 0 Å². The first-order chi connectivity index (χ1) is 13.6. The van der Waals surface area contributed by atoms with E-state index in [0.717, 1.165) is 33.5 Å². The largest absolute Gasteiger partial charge is 0.322 e. The first kappa shape index (κ1) is 18.2. The highest BCUT2D eigenvalue weighted by Crippen LogP contribution is 2.23. The van der Waals surface area contributed by atoms with Crippen LogP contribution in [-0.4, -0.2) is 25.5 Å². The Balaban J connectivity index is 1.43. The Hall–Kier alpha value is -3.19. The number of carbonyl (C=O) groups is 1. The van der Waals surface area contributed by atoms with Crippen LogP contribution in [-0.2, 0) is 5.75 Å². The number of hydrogen-bond acceptors (Lipinski definition) is 5. The molecule has 2 aromatic carbocycles. The van der Waals surface area contributed by atoms with Crippen LogP contribution in [0.2, 0.25) is 0 Å². The van der Waals surface area contributed by atoms with Crippen LogP contribution in [0.25, 0.3) is 5.78 Å². The minimum atomic E-state index is -0.120. The minimum absolute atomic E-state index is 0.120. The smallest absolute Gasteiger partial charge is 0.256 e. The standard InChI is InChI=1S/C21H19N5OS/c1-14-12-15(2)26-20(22-14)24-25-21(26)28-13-16-8-10-17(11-9-16)19(27)23-18-6-4-3-5-7-18/h3-12H,13H2,1-2H3,(H,23,27). The van der Waals surface area contributed by atoms with E-state index < -0.39 is 0 Å². The fourth-order valence-corrected chi connectivity index (χ4v) is 3.86. The molecule has 0 radical (unpaired) electrons. The number of aromatic nitrogens is 4. The van der Waals surface area contributed by atoms with E-state index in [9.17, 15) is 4.79 Å². The van der Waals surface area contributed by atoms with E-state index in [0.29, 0.717) is 11.3 Å². The van der Waals surface area contributed by atoms with Gasteiger partial charge in [-0.15, -0.1) is 10.2 Å². The average molecular weight is 389 g/mol. The first-order valence-corrected chi connectivity index (χ1v) is 9.86. The monoisotopic (exact) mass is 389 g/mol. The van der Waals surface area contributed by atoms with Gasteiger partial charge in [0.1, 0.15) is 0 Å². The van der Waals surface area contributed by atoms with E-state index in [1.165, 1.54) is 0 Å². The molecule has 0 saturated carbocycles. The lowest BCUT2D eigenvalue weighted by Gasteiger charge is -2.07. The Kier molecular flexibility index (Phi) is 5.08. The van der Waals surface area contributed by atoms with Gasteiger partial charge in [-0.3, -0.25) is 9.20 Å². The fourth-order valence-electron chi connectivity index (χ4n) is 2.92. The van der Waals surface area contributed by atoms with E-state index >= 15 is 0 Å². The molecule has 0 fully saturated rings. The number of nitrogens with one attached hydrogen (secondary N) is 1. The summed E-state index contributed by atoms with van der Waals surface area (Å²) in [6.07, 6.45) is 0. The van der Waals surface area contributed by atoms with Crippen molar-refractivity contribution in [2.75, 3.05) is 5.32 Å². The van der Waals surface area contributed by atoms with Gasteiger partial charge in [-0.1, -0.05) is 42.1 Å². The van der Waals surface area contributed by atoms with Gasteiger partial charge in [0.2, 0.25) is 0 Å². The van der Waals surface area contributed by atoms with Crippen LogP contribution in [0.3, 0.4) is 0 Å². The van der Waals surface area contributed by atoms with Crippen LogP contribution in [0.15, 0.2) is 65.8 Å². The van der Waals surface area contributed by atoms with Gasteiger partial charge in [0.25, 0.3) is 11.7 Å². The number of aryl methyl sites for hydroxylation is 2. The summed E-state index contributed by atoms with van der Waals surface area (Å²) in [7, 11) is 0. The molecule has 2 aromatic heterocycles. The quantitative estimate of drug-likeness (QED) is 0.516. The van der Waals surface area contributed by atoms with Crippen molar-refractivity contribution in [1.82, 2.24) is 19.6 Å². The molecule has 1 amide bonds. The Labute approximate surface area is 167 Å². The second-order valence-corrected chi connectivity index (χ2v) is 7.41. The molecule has 28 heavy (non-hydrogen) atoms. The zero-order valence-corrected chi connectivity index (χ0v) is 16.4. The number of fused-ring (bicyclic) bond motifs is 1. The van der Waals surface area contributed by atoms with Crippen molar-refractivity contribution in [2.24, 2.45) is 0 Å². The second kappa shape index (κ2) is 7.82. The normalized spacial score (nSPS) is 10.9. The van der Waals surface area contributed by atoms with Crippen molar-refractivity contribution in [3.05, 3.63) is 83.2 Å². The predicted octanol–water partition coefficient (Wildman–Crippen LogP) is 4.29. The molecule has 1 N–H and O–H groups in total. The molecule has 7 heteroatoms. The van der Waals surface area contributed by atoms with E-state index in [1.807, 2.05) is 78.9 Å². The van der Waals surface area contributed by atoms with Gasteiger partial charge >= 0.3 is 0 Å². The van der Waals surface area contributed by atoms with Gasteiger partial charge in [0, 0.05) is 28.4 Å². The van der Waals surface area contributed by atoms with Crippen LogP contribution in [0, 0.1) is 13.8 Å². The van der Waals surface area contributed by atoms with Gasteiger partial charge in [-0.2, -0.15) is 0 Å². The van der Waals surface area contributed by atoms with Gasteiger partial charge < -0.3 is 5.32 Å². The van der Waals surface area contributed by atoms with Crippen molar-refractivity contribution >= 4 is 29.1 Å². The van der Waals surface area contributed by atoms with E-state index in [-0.39, 0.29) is 5.91 Å². The average Bonchev–Trinajstić information content (AvgIpc) is 3.10. The maximum Gasteiger partial charge on any atom is 0.256 e. The summed E-state index contributed by atoms with van der Waals surface area (Å²) in [5, 5.41) is 12.1. The molecule has 0 spiro atoms. The molecule has 0 aliphatic carbocycles. The van der Waals surface area contributed by atoms with Crippen molar-refractivity contribution in [3.8, 4) is 0 Å². The zero-order valence-electron chi connectivity index (χ0n) is 15.6. The van der Waals surface area contributed by atoms with Crippen LogP contribution in [0.1, 0.15) is 27.3 Å². The van der Waals surface area contributed by atoms with Crippen LogP contribution < -0.4 is 5.32 Å². The van der Waals surface area contributed by atoms with Gasteiger partial charge in [-0.05, 0) is 49.7 Å². The molecule has 0 atom stereocenters. The molecule has 4 rings (SSSR count). The van der Waals surface area contributed by atoms with Crippen molar-refractivity contribution in [3.63, 3.8) is 0 Å². The molecule has 4 aromatic rings. The highest BCUT2D eigenvalue weighted by atomic mass is 32.2. The Bertz CT molecular complexity index is 1120. The van der Waals surface area contributed by atoms with E-state index in [2.05, 4.69) is 20.5 Å². The number of benzene rings is 2. The third-order valence-corrected chi connectivity index (χ3v) is 5.28. The number of hydrogen-bond donors (Lipinski definition) is 1. The number of amides is 1. The lowest BCUT2D eigenvalue weighted by Crippen LogP contribution is -2.11. The van der Waals surface area contributed by atoms with Crippen LogP contribution in [0.5, 0.6) is 0 Å². The summed E-state index contributed by atoms with van der Waals surface area (Å²) in [4.78, 5) is 16.7. The summed E-state index contributed by atoms with van der Waals surface area (Å²) in [6, 6.07) is 19.1. The van der Waals surface area contributed by atoms with Gasteiger partial charge in [0.15, 0.2) is 5.16 Å². The number of nitrogens with zero attached hydrogens (tertiary/aromatic N) is 4. The molecular weight excluding hydrogens is 370 g/mol. The molecular formula is C21H19N5OS. The van der Waals surface area contributed by atoms with Gasteiger partial charge in [-0.25, -0.2) is 4.98 Å². The number of anilines is 1. The molecule has 0 aliphatic heterocycles. The van der Waals surface area contributed by atoms with Crippen molar-refractivity contribution in [2.45, 2.75) is 24.8 Å². The predicted molar refractivity (Wildman–Crippen MR) is 111 cm³/mol. The number of rotatable bonds is 5. The third kappa shape index (κ3) is 3.89. The van der Waals surface area contributed by atoms with Crippen LogP contribution >= 0.6 is 11.8 Å². The molecule has 0 bridgehead atoms. The Morgan fingerprint density at radius 1 is 1.04 bits per heavy atom. The molecule has 0 saturated heterocycles. The molecule has 0 aliphatic rings. The fraction of sp³-hybridized carbons (Fsp3) is 0.143. The summed E-state index contributed by atoms with van der Waals surface area (Å²) in [6.45, 7) is 3.97. The first-order valence-electron chi connectivity index (χ1n) is 8.88. The zero-order chi connectivity index (χ0) is 19.5. The van der Waals surface area contributed by atoms with E-state index in [1.54, 1.807) is 11.8 Å². The Morgan fingerprint density at radius 3 is 2.54 bits per heavy atom. The topological polar surface area (TPSA) is 72.2 Å². The SMILES string of the molecule is Cc1cc(C)n2c(SCc3ccc(C(=O)Nc4ccccc4)cc3)nnc2n1. The maximum atomic E-state index is 12.3. The molecule has 140 valence electrons.